The van der Waals surface area contributed by atoms with Crippen LogP contribution in [0.4, 0.5) is 0 Å². The number of carbonyl (C=O) groups is 1. The molecule has 148 valence electrons. The SMILES string of the molecule is CCCN1CCC(C[C@@H]2CC(c3ccc(C)cc3)=NO2)(C(=O)OCC)CC1. The van der Waals surface area contributed by atoms with E-state index in [-0.39, 0.29) is 12.1 Å². The number of hydrogen-bond donors (Lipinski definition) is 0. The zero-order valence-corrected chi connectivity index (χ0v) is 16.9. The molecular formula is C22H32N2O3. The molecule has 5 nitrogen and oxygen atoms in total. The number of likely N-dealkylation sites (tertiary alicyclic amines) is 1. The highest BCUT2D eigenvalue weighted by molar-refractivity contribution is 6.01. The number of esters is 1. The van der Waals surface area contributed by atoms with Crippen molar-refractivity contribution in [3.05, 3.63) is 35.4 Å². The van der Waals surface area contributed by atoms with Crippen molar-refractivity contribution in [2.24, 2.45) is 10.6 Å². The Hall–Kier alpha value is -1.88. The van der Waals surface area contributed by atoms with Crippen molar-refractivity contribution in [3.8, 4) is 0 Å². The predicted molar refractivity (Wildman–Crippen MR) is 107 cm³/mol. The van der Waals surface area contributed by atoms with Gasteiger partial charge >= 0.3 is 5.97 Å². The fourth-order valence-electron chi connectivity index (χ4n) is 4.19. The monoisotopic (exact) mass is 372 g/mol. The fourth-order valence-corrected chi connectivity index (χ4v) is 4.19. The van der Waals surface area contributed by atoms with E-state index >= 15 is 0 Å². The van der Waals surface area contributed by atoms with Gasteiger partial charge in [-0.2, -0.15) is 0 Å². The van der Waals surface area contributed by atoms with E-state index in [2.05, 4.69) is 48.2 Å². The van der Waals surface area contributed by atoms with E-state index in [0.29, 0.717) is 13.0 Å². The van der Waals surface area contributed by atoms with Crippen molar-refractivity contribution in [1.82, 2.24) is 4.90 Å². The van der Waals surface area contributed by atoms with Crippen LogP contribution in [-0.4, -0.2) is 48.9 Å². The summed E-state index contributed by atoms with van der Waals surface area (Å²) in [6.45, 7) is 9.57. The molecule has 1 fully saturated rings. The molecule has 1 aromatic rings. The van der Waals surface area contributed by atoms with Gasteiger partial charge in [-0.05, 0) is 58.3 Å². The van der Waals surface area contributed by atoms with Gasteiger partial charge in [0.15, 0.2) is 0 Å². The Morgan fingerprint density at radius 2 is 1.96 bits per heavy atom. The number of piperidine rings is 1. The predicted octanol–water partition coefficient (Wildman–Crippen LogP) is 3.93. The van der Waals surface area contributed by atoms with Gasteiger partial charge in [0.2, 0.25) is 0 Å². The summed E-state index contributed by atoms with van der Waals surface area (Å²) in [5, 5.41) is 4.32. The number of benzene rings is 1. The lowest BCUT2D eigenvalue weighted by Crippen LogP contribution is -2.47. The highest BCUT2D eigenvalue weighted by Gasteiger charge is 2.45. The van der Waals surface area contributed by atoms with Crippen LogP contribution in [0, 0.1) is 12.3 Å². The van der Waals surface area contributed by atoms with Gasteiger partial charge in [-0.25, -0.2) is 0 Å². The van der Waals surface area contributed by atoms with Crippen molar-refractivity contribution in [3.63, 3.8) is 0 Å². The normalized spacial score (nSPS) is 22.2. The minimum absolute atomic E-state index is 0.0524. The third kappa shape index (κ3) is 4.70. The maximum atomic E-state index is 12.8. The Labute approximate surface area is 162 Å². The fraction of sp³-hybridized carbons (Fsp3) is 0.636. The second-order valence-electron chi connectivity index (χ2n) is 7.88. The molecule has 27 heavy (non-hydrogen) atoms. The van der Waals surface area contributed by atoms with Gasteiger partial charge in [-0.1, -0.05) is 41.9 Å². The number of aryl methyl sites for hydroxylation is 1. The third-order valence-corrected chi connectivity index (χ3v) is 5.80. The minimum Gasteiger partial charge on any atom is -0.466 e. The van der Waals surface area contributed by atoms with Gasteiger partial charge < -0.3 is 14.5 Å². The molecule has 0 aliphatic carbocycles. The molecule has 0 N–H and O–H groups in total. The maximum absolute atomic E-state index is 12.8. The topological polar surface area (TPSA) is 51.1 Å². The Morgan fingerprint density at radius 1 is 1.26 bits per heavy atom. The molecule has 0 spiro atoms. The summed E-state index contributed by atoms with van der Waals surface area (Å²) >= 11 is 0. The molecule has 2 heterocycles. The summed E-state index contributed by atoms with van der Waals surface area (Å²) in [6.07, 6.45) is 4.21. The van der Waals surface area contributed by atoms with Gasteiger partial charge in [0.05, 0.1) is 17.7 Å². The maximum Gasteiger partial charge on any atom is 0.312 e. The first-order valence-electron chi connectivity index (χ1n) is 10.3. The zero-order chi connectivity index (χ0) is 19.3. The van der Waals surface area contributed by atoms with Gasteiger partial charge in [-0.15, -0.1) is 0 Å². The summed E-state index contributed by atoms with van der Waals surface area (Å²) in [4.78, 5) is 21.0. The van der Waals surface area contributed by atoms with Crippen molar-refractivity contribution in [2.45, 2.75) is 59.0 Å². The van der Waals surface area contributed by atoms with E-state index in [9.17, 15) is 4.79 Å². The molecule has 0 bridgehead atoms. The Balaban J connectivity index is 1.65. The lowest BCUT2D eigenvalue weighted by atomic mass is 9.73. The highest BCUT2D eigenvalue weighted by Crippen LogP contribution is 2.40. The van der Waals surface area contributed by atoms with Crippen LogP contribution in [0.5, 0.6) is 0 Å². The first kappa shape index (κ1) is 19.9. The summed E-state index contributed by atoms with van der Waals surface area (Å²) in [5.41, 5.74) is 2.87. The Bertz CT molecular complexity index is 661. The molecule has 1 atom stereocenters. The average molecular weight is 373 g/mol. The van der Waals surface area contributed by atoms with Crippen LogP contribution in [-0.2, 0) is 14.4 Å². The van der Waals surface area contributed by atoms with Crippen LogP contribution in [0.25, 0.3) is 0 Å². The lowest BCUT2D eigenvalue weighted by Gasteiger charge is -2.40. The summed E-state index contributed by atoms with van der Waals surface area (Å²) < 4.78 is 5.46. The number of rotatable bonds is 7. The zero-order valence-electron chi connectivity index (χ0n) is 16.9. The second-order valence-corrected chi connectivity index (χ2v) is 7.88. The molecule has 5 heteroatoms. The largest absolute Gasteiger partial charge is 0.466 e. The first-order chi connectivity index (χ1) is 13.1. The van der Waals surface area contributed by atoms with Crippen molar-refractivity contribution >= 4 is 11.7 Å². The van der Waals surface area contributed by atoms with E-state index < -0.39 is 5.41 Å². The van der Waals surface area contributed by atoms with Crippen molar-refractivity contribution in [2.75, 3.05) is 26.2 Å². The van der Waals surface area contributed by atoms with E-state index in [1.165, 1.54) is 5.56 Å². The lowest BCUT2D eigenvalue weighted by molar-refractivity contribution is -0.161. The van der Waals surface area contributed by atoms with Gasteiger partial charge in [0.1, 0.15) is 6.10 Å². The van der Waals surface area contributed by atoms with Crippen molar-refractivity contribution in [1.29, 1.82) is 0 Å². The van der Waals surface area contributed by atoms with Gasteiger partial charge in [-0.3, -0.25) is 4.79 Å². The average Bonchev–Trinajstić information content (AvgIpc) is 3.13. The minimum atomic E-state index is -0.441. The standard InChI is InChI=1S/C22H32N2O3/c1-4-12-24-13-10-22(11-14-24,21(25)26-5-2)16-19-15-20(23-27-19)18-8-6-17(3)7-9-18/h6-9,19H,4-5,10-16H2,1-3H3/t19-/m0/s1. The van der Waals surface area contributed by atoms with E-state index in [4.69, 9.17) is 9.57 Å². The quantitative estimate of drug-likeness (QED) is 0.681. The number of hydrogen-bond acceptors (Lipinski definition) is 5. The molecule has 0 saturated carbocycles. The molecule has 0 amide bonds. The summed E-state index contributed by atoms with van der Waals surface area (Å²) in [5.74, 6) is -0.0615. The number of oxime groups is 1. The smallest absolute Gasteiger partial charge is 0.312 e. The molecular weight excluding hydrogens is 340 g/mol. The first-order valence-corrected chi connectivity index (χ1v) is 10.3. The molecule has 2 aliphatic heterocycles. The van der Waals surface area contributed by atoms with Crippen LogP contribution in [0.3, 0.4) is 0 Å². The van der Waals surface area contributed by atoms with Crippen LogP contribution in [0.15, 0.2) is 29.4 Å². The van der Waals surface area contributed by atoms with E-state index in [0.717, 1.165) is 56.6 Å². The molecule has 0 unspecified atom stereocenters. The molecule has 1 saturated heterocycles. The number of carbonyl (C=O) groups excluding carboxylic acids is 1. The third-order valence-electron chi connectivity index (χ3n) is 5.80. The van der Waals surface area contributed by atoms with E-state index in [1.54, 1.807) is 0 Å². The second kappa shape index (κ2) is 8.87. The summed E-state index contributed by atoms with van der Waals surface area (Å²) in [7, 11) is 0. The van der Waals surface area contributed by atoms with Gasteiger partial charge in [0, 0.05) is 12.8 Å². The Kier molecular flexibility index (Phi) is 6.53. The van der Waals surface area contributed by atoms with Crippen LogP contribution in [0.2, 0.25) is 0 Å². The summed E-state index contributed by atoms with van der Waals surface area (Å²) in [6, 6.07) is 8.36. The number of nitrogens with zero attached hydrogens (tertiary/aromatic N) is 2. The molecule has 1 aromatic carbocycles. The molecule has 0 radical (unpaired) electrons. The van der Waals surface area contributed by atoms with Crippen LogP contribution in [0.1, 0.15) is 57.1 Å². The highest BCUT2D eigenvalue weighted by atomic mass is 16.6. The van der Waals surface area contributed by atoms with E-state index in [1.807, 2.05) is 6.92 Å². The molecule has 0 aromatic heterocycles. The molecule has 3 rings (SSSR count). The van der Waals surface area contributed by atoms with Crippen LogP contribution >= 0.6 is 0 Å². The van der Waals surface area contributed by atoms with Gasteiger partial charge in [0.25, 0.3) is 0 Å². The number of ether oxygens (including phenoxy) is 1. The van der Waals surface area contributed by atoms with Crippen LogP contribution < -0.4 is 0 Å². The Morgan fingerprint density at radius 3 is 2.59 bits per heavy atom. The molecule has 2 aliphatic rings. The van der Waals surface area contributed by atoms with Crippen molar-refractivity contribution < 1.29 is 14.4 Å².